The number of thioether (sulfide) groups is 1. The highest BCUT2D eigenvalue weighted by Crippen LogP contribution is 2.24. The van der Waals surface area contributed by atoms with Crippen molar-refractivity contribution in [1.29, 1.82) is 0 Å². The van der Waals surface area contributed by atoms with Crippen LogP contribution >= 0.6 is 27.7 Å². The van der Waals surface area contributed by atoms with Crippen LogP contribution in [0, 0.1) is 17.3 Å². The number of carbonyl (C=O) groups excluding carboxylic acids is 1. The number of esters is 1. The monoisotopic (exact) mass is 408 g/mol. The van der Waals surface area contributed by atoms with Gasteiger partial charge in [-0.05, 0) is 45.0 Å². The van der Waals surface area contributed by atoms with Gasteiger partial charge in [0.05, 0.1) is 11.2 Å². The molecule has 0 atom stereocenters. The molecule has 126 valence electrons. The van der Waals surface area contributed by atoms with Crippen molar-refractivity contribution in [2.24, 2.45) is 5.41 Å². The summed E-state index contributed by atoms with van der Waals surface area (Å²) >= 11 is 4.72. The minimum absolute atomic E-state index is 0.0879. The number of rotatable bonds is 4. The smallest absolute Gasteiger partial charge is 0.312 e. The van der Waals surface area contributed by atoms with Gasteiger partial charge < -0.3 is 9.15 Å². The molecule has 2 aromatic rings. The molecule has 0 N–H and O–H groups in total. The van der Waals surface area contributed by atoms with Crippen molar-refractivity contribution < 1.29 is 13.9 Å². The van der Waals surface area contributed by atoms with Crippen LogP contribution in [-0.4, -0.2) is 28.5 Å². The van der Waals surface area contributed by atoms with Crippen molar-refractivity contribution >= 4 is 33.7 Å². The number of halogens is 1. The van der Waals surface area contributed by atoms with Crippen molar-refractivity contribution in [3.8, 4) is 23.3 Å². The summed E-state index contributed by atoms with van der Waals surface area (Å²) in [4.78, 5) is 11.5. The van der Waals surface area contributed by atoms with Gasteiger partial charge in [-0.15, -0.1) is 10.2 Å². The summed E-state index contributed by atoms with van der Waals surface area (Å²) in [7, 11) is 0. The third-order valence-electron chi connectivity index (χ3n) is 2.78. The zero-order chi connectivity index (χ0) is 17.6. The Morgan fingerprint density at radius 1 is 1.25 bits per heavy atom. The molecule has 0 radical (unpaired) electrons. The minimum Gasteiger partial charge on any atom is -0.452 e. The molecule has 0 amide bonds. The van der Waals surface area contributed by atoms with Gasteiger partial charge in [0.2, 0.25) is 5.89 Å². The Hall–Kier alpha value is -1.78. The van der Waals surface area contributed by atoms with E-state index in [-0.39, 0.29) is 12.6 Å². The first-order valence-corrected chi connectivity index (χ1v) is 8.99. The summed E-state index contributed by atoms with van der Waals surface area (Å²) in [5, 5.41) is 8.44. The normalized spacial score (nSPS) is 10.8. The fraction of sp³-hybridized carbons (Fsp3) is 0.353. The molecule has 0 spiro atoms. The van der Waals surface area contributed by atoms with E-state index in [9.17, 15) is 4.79 Å². The van der Waals surface area contributed by atoms with Gasteiger partial charge in [0.1, 0.15) is 0 Å². The number of hydrogen-bond acceptors (Lipinski definition) is 6. The lowest BCUT2D eigenvalue weighted by Gasteiger charge is -2.14. The first-order chi connectivity index (χ1) is 11.4. The predicted octanol–water partition coefficient (Wildman–Crippen LogP) is 4.18. The summed E-state index contributed by atoms with van der Waals surface area (Å²) in [5.41, 5.74) is 0.349. The molecule has 0 unspecified atom stereocenters. The third-order valence-corrected chi connectivity index (χ3v) is 4.01. The van der Waals surface area contributed by atoms with Gasteiger partial charge in [-0.25, -0.2) is 0 Å². The Labute approximate surface area is 153 Å². The summed E-state index contributed by atoms with van der Waals surface area (Å²) < 4.78 is 11.6. The first kappa shape index (κ1) is 18.6. The highest BCUT2D eigenvalue weighted by Gasteiger charge is 2.22. The van der Waals surface area contributed by atoms with Gasteiger partial charge >= 0.3 is 5.97 Å². The average molecular weight is 409 g/mol. The van der Waals surface area contributed by atoms with Crippen molar-refractivity contribution in [2.75, 3.05) is 12.4 Å². The summed E-state index contributed by atoms with van der Waals surface area (Å²) in [6.07, 6.45) is 0. The Balaban J connectivity index is 1.79. The van der Waals surface area contributed by atoms with E-state index in [0.29, 0.717) is 16.9 Å². The molecule has 1 heterocycles. The standard InChI is InChI=1S/C17H17BrN2O3S/c1-17(2,3)15(21)22-10-4-5-11-24-16-20-19-14(23-16)12-6-8-13(18)9-7-12/h6-9H,10-11H2,1-3H3. The van der Waals surface area contributed by atoms with E-state index in [2.05, 4.69) is 38.0 Å². The zero-order valence-electron chi connectivity index (χ0n) is 13.6. The Bertz CT molecular complexity index is 755. The summed E-state index contributed by atoms with van der Waals surface area (Å²) in [6.45, 7) is 5.50. The molecule has 5 nitrogen and oxygen atoms in total. The van der Waals surface area contributed by atoms with E-state index in [1.807, 2.05) is 24.3 Å². The highest BCUT2D eigenvalue weighted by molar-refractivity contribution is 9.10. The van der Waals surface area contributed by atoms with Gasteiger partial charge in [0.25, 0.3) is 5.22 Å². The maximum atomic E-state index is 11.5. The lowest BCUT2D eigenvalue weighted by Crippen LogP contribution is -2.22. The van der Waals surface area contributed by atoms with Crippen LogP contribution in [0.2, 0.25) is 0 Å². The molecule has 0 bridgehead atoms. The molecule has 24 heavy (non-hydrogen) atoms. The first-order valence-electron chi connectivity index (χ1n) is 7.21. The van der Waals surface area contributed by atoms with E-state index in [4.69, 9.17) is 9.15 Å². The van der Waals surface area contributed by atoms with Gasteiger partial charge in [-0.3, -0.25) is 4.79 Å². The predicted molar refractivity (Wildman–Crippen MR) is 96.3 cm³/mol. The van der Waals surface area contributed by atoms with Crippen molar-refractivity contribution in [2.45, 2.75) is 26.0 Å². The van der Waals surface area contributed by atoms with Crippen molar-refractivity contribution in [1.82, 2.24) is 10.2 Å². The van der Waals surface area contributed by atoms with Crippen LogP contribution in [0.5, 0.6) is 0 Å². The fourth-order valence-electron chi connectivity index (χ4n) is 1.50. The Kier molecular flexibility index (Phi) is 6.46. The Morgan fingerprint density at radius 2 is 1.96 bits per heavy atom. The molecule has 1 aromatic carbocycles. The number of nitrogens with zero attached hydrogens (tertiary/aromatic N) is 2. The topological polar surface area (TPSA) is 65.2 Å². The van der Waals surface area contributed by atoms with Crippen LogP contribution < -0.4 is 0 Å². The van der Waals surface area contributed by atoms with E-state index >= 15 is 0 Å². The van der Waals surface area contributed by atoms with Gasteiger partial charge in [-0.1, -0.05) is 39.5 Å². The lowest BCUT2D eigenvalue weighted by atomic mass is 9.97. The second-order valence-corrected chi connectivity index (χ2v) is 7.69. The number of benzene rings is 1. The van der Waals surface area contributed by atoms with Crippen molar-refractivity contribution in [3.05, 3.63) is 28.7 Å². The quantitative estimate of drug-likeness (QED) is 0.429. The molecule has 0 aliphatic carbocycles. The second kappa shape index (κ2) is 8.36. The van der Waals surface area contributed by atoms with E-state index in [1.165, 1.54) is 11.8 Å². The number of carbonyl (C=O) groups is 1. The van der Waals surface area contributed by atoms with Gasteiger partial charge in [-0.2, -0.15) is 0 Å². The molecule has 0 saturated carbocycles. The van der Waals surface area contributed by atoms with Crippen LogP contribution in [0.25, 0.3) is 11.5 Å². The molecule has 0 fully saturated rings. The van der Waals surface area contributed by atoms with E-state index < -0.39 is 5.41 Å². The average Bonchev–Trinajstić information content (AvgIpc) is 2.99. The van der Waals surface area contributed by atoms with E-state index in [1.54, 1.807) is 20.8 Å². The van der Waals surface area contributed by atoms with Crippen molar-refractivity contribution in [3.63, 3.8) is 0 Å². The molecule has 0 aliphatic rings. The molecule has 1 aromatic heterocycles. The van der Waals surface area contributed by atoms with Crippen LogP contribution in [0.4, 0.5) is 0 Å². The van der Waals surface area contributed by atoms with Crippen LogP contribution in [0.15, 0.2) is 38.4 Å². The highest BCUT2D eigenvalue weighted by atomic mass is 79.9. The lowest BCUT2D eigenvalue weighted by molar-refractivity contribution is -0.151. The zero-order valence-corrected chi connectivity index (χ0v) is 16.0. The van der Waals surface area contributed by atoms with Gasteiger partial charge in [0, 0.05) is 10.0 Å². The molecular weight excluding hydrogens is 392 g/mol. The SMILES string of the molecule is CC(C)(C)C(=O)OCC#CCSc1nnc(-c2ccc(Br)cc2)o1. The largest absolute Gasteiger partial charge is 0.452 e. The molecule has 0 aliphatic heterocycles. The van der Waals surface area contributed by atoms with Gasteiger partial charge in [0.15, 0.2) is 6.61 Å². The summed E-state index contributed by atoms with van der Waals surface area (Å²) in [5.74, 6) is 6.38. The summed E-state index contributed by atoms with van der Waals surface area (Å²) in [6, 6.07) is 7.62. The van der Waals surface area contributed by atoms with E-state index in [0.717, 1.165) is 10.0 Å². The number of hydrogen-bond donors (Lipinski definition) is 0. The minimum atomic E-state index is -0.510. The molecule has 0 saturated heterocycles. The Morgan fingerprint density at radius 3 is 2.62 bits per heavy atom. The number of ether oxygens (including phenoxy) is 1. The maximum absolute atomic E-state index is 11.5. The van der Waals surface area contributed by atoms with Crippen LogP contribution in [0.3, 0.4) is 0 Å². The van der Waals surface area contributed by atoms with Crippen LogP contribution in [0.1, 0.15) is 20.8 Å². The fourth-order valence-corrected chi connectivity index (χ4v) is 2.29. The van der Waals surface area contributed by atoms with Crippen LogP contribution in [-0.2, 0) is 9.53 Å². The third kappa shape index (κ3) is 5.69. The second-order valence-electron chi connectivity index (χ2n) is 5.85. The molecule has 7 heteroatoms. The maximum Gasteiger partial charge on any atom is 0.312 e. The number of aromatic nitrogens is 2. The molecular formula is C17H17BrN2O3S. The molecule has 2 rings (SSSR count).